The van der Waals surface area contributed by atoms with Crippen LogP contribution in [-0.2, 0) is 14.8 Å². The largest absolute Gasteiger partial charge is 0.497 e. The Labute approximate surface area is 170 Å². The molecule has 1 amide bonds. The first-order valence-electron chi connectivity index (χ1n) is 9.58. The highest BCUT2D eigenvalue weighted by molar-refractivity contribution is 7.89. The molecule has 156 valence electrons. The van der Waals surface area contributed by atoms with E-state index in [0.717, 1.165) is 18.9 Å². The van der Waals surface area contributed by atoms with Crippen molar-refractivity contribution in [2.75, 3.05) is 25.5 Å². The number of nitrogens with one attached hydrogen (secondary N) is 1. The minimum Gasteiger partial charge on any atom is -0.497 e. The normalized spacial score (nSPS) is 17.7. The first kappa shape index (κ1) is 21.3. The van der Waals surface area contributed by atoms with Crippen molar-refractivity contribution in [2.45, 2.75) is 30.6 Å². The summed E-state index contributed by atoms with van der Waals surface area (Å²) in [7, 11) is -2.17. The second-order valence-corrected chi connectivity index (χ2v) is 9.09. The summed E-state index contributed by atoms with van der Waals surface area (Å²) in [5, 5.41) is 2.84. The van der Waals surface area contributed by atoms with Gasteiger partial charge in [-0.15, -0.1) is 0 Å². The zero-order chi connectivity index (χ0) is 20.9. The van der Waals surface area contributed by atoms with E-state index in [-0.39, 0.29) is 16.7 Å². The van der Waals surface area contributed by atoms with Crippen LogP contribution in [0, 0.1) is 11.7 Å². The number of piperidine rings is 1. The number of rotatable bonds is 7. The van der Waals surface area contributed by atoms with Gasteiger partial charge in [0.1, 0.15) is 11.6 Å². The van der Waals surface area contributed by atoms with Gasteiger partial charge in [-0.25, -0.2) is 12.8 Å². The van der Waals surface area contributed by atoms with Crippen LogP contribution in [0.2, 0.25) is 0 Å². The molecule has 0 spiro atoms. The Morgan fingerprint density at radius 1 is 1.24 bits per heavy atom. The van der Waals surface area contributed by atoms with E-state index in [1.165, 1.54) is 22.5 Å². The highest BCUT2D eigenvalue weighted by Gasteiger charge is 2.30. The number of halogens is 1. The molecule has 1 N–H and O–H groups in total. The van der Waals surface area contributed by atoms with Crippen LogP contribution in [0.25, 0.3) is 0 Å². The topological polar surface area (TPSA) is 75.7 Å². The van der Waals surface area contributed by atoms with Crippen LogP contribution in [0.15, 0.2) is 53.4 Å². The lowest BCUT2D eigenvalue weighted by molar-refractivity contribution is -0.116. The maximum absolute atomic E-state index is 13.4. The van der Waals surface area contributed by atoms with E-state index in [1.54, 1.807) is 31.4 Å². The summed E-state index contributed by atoms with van der Waals surface area (Å²) in [6.07, 6.45) is 2.47. The van der Waals surface area contributed by atoms with Gasteiger partial charge in [-0.2, -0.15) is 4.31 Å². The highest BCUT2D eigenvalue weighted by Crippen LogP contribution is 2.27. The fourth-order valence-electron chi connectivity index (χ4n) is 3.52. The zero-order valence-electron chi connectivity index (χ0n) is 16.3. The molecule has 2 aromatic carbocycles. The fraction of sp³-hybridized carbons (Fsp3) is 0.381. The van der Waals surface area contributed by atoms with Gasteiger partial charge >= 0.3 is 0 Å². The Bertz CT molecular complexity index is 965. The third-order valence-corrected chi connectivity index (χ3v) is 6.91. The maximum Gasteiger partial charge on any atom is 0.243 e. The van der Waals surface area contributed by atoms with Crippen molar-refractivity contribution < 1.29 is 22.3 Å². The minimum atomic E-state index is -3.73. The van der Waals surface area contributed by atoms with Crippen LogP contribution in [0.1, 0.15) is 25.7 Å². The molecular weight excluding hydrogens is 395 g/mol. The second-order valence-electron chi connectivity index (χ2n) is 7.15. The average Bonchev–Trinajstić information content (AvgIpc) is 2.72. The lowest BCUT2D eigenvalue weighted by atomic mass is 9.94. The van der Waals surface area contributed by atoms with E-state index in [9.17, 15) is 17.6 Å². The fourth-order valence-corrected chi connectivity index (χ4v) is 5.10. The molecule has 0 aromatic heterocycles. The molecule has 0 saturated carbocycles. The molecule has 0 aliphatic carbocycles. The number of ether oxygens (including phenoxy) is 1. The van der Waals surface area contributed by atoms with Gasteiger partial charge in [0.05, 0.1) is 12.0 Å². The molecule has 1 saturated heterocycles. The standard InChI is InChI=1S/C21H25FN2O4S/c1-28-19-8-3-7-18(14-19)23-21(25)11-10-16-5-4-12-24(15-16)29(26,27)20-9-2-6-17(22)13-20/h2-3,6-9,13-14,16H,4-5,10-12,15H2,1H3,(H,23,25). The lowest BCUT2D eigenvalue weighted by Crippen LogP contribution is -2.40. The van der Waals surface area contributed by atoms with Gasteiger partial charge in [0.15, 0.2) is 0 Å². The van der Waals surface area contributed by atoms with Crippen LogP contribution in [0.3, 0.4) is 0 Å². The Morgan fingerprint density at radius 3 is 2.79 bits per heavy atom. The van der Waals surface area contributed by atoms with Gasteiger partial charge in [-0.3, -0.25) is 4.79 Å². The molecule has 0 radical (unpaired) electrons. The number of carbonyl (C=O) groups is 1. The molecule has 2 aromatic rings. The summed E-state index contributed by atoms with van der Waals surface area (Å²) in [4.78, 5) is 12.2. The first-order chi connectivity index (χ1) is 13.9. The van der Waals surface area contributed by atoms with Gasteiger partial charge in [-0.1, -0.05) is 12.1 Å². The number of hydrogen-bond donors (Lipinski definition) is 1. The quantitative estimate of drug-likeness (QED) is 0.742. The average molecular weight is 421 g/mol. The number of benzene rings is 2. The van der Waals surface area contributed by atoms with E-state index >= 15 is 0 Å². The third kappa shape index (κ3) is 5.55. The summed E-state index contributed by atoms with van der Waals surface area (Å²) in [5.41, 5.74) is 0.660. The molecule has 8 heteroatoms. The lowest BCUT2D eigenvalue weighted by Gasteiger charge is -2.32. The van der Waals surface area contributed by atoms with Crippen molar-refractivity contribution in [3.05, 3.63) is 54.3 Å². The molecule has 1 fully saturated rings. The van der Waals surface area contributed by atoms with E-state index in [2.05, 4.69) is 5.32 Å². The summed E-state index contributed by atoms with van der Waals surface area (Å²) in [6, 6.07) is 12.2. The van der Waals surface area contributed by atoms with Crippen molar-refractivity contribution in [3.8, 4) is 5.75 Å². The Balaban J connectivity index is 1.56. The van der Waals surface area contributed by atoms with Crippen LogP contribution in [-0.4, -0.2) is 38.8 Å². The number of methoxy groups -OCH3 is 1. The summed E-state index contributed by atoms with van der Waals surface area (Å²) in [6.45, 7) is 0.747. The first-order valence-corrected chi connectivity index (χ1v) is 11.0. The van der Waals surface area contributed by atoms with E-state index in [1.807, 2.05) is 0 Å². The number of carbonyl (C=O) groups excluding carboxylic acids is 1. The van der Waals surface area contributed by atoms with Gasteiger partial charge < -0.3 is 10.1 Å². The molecule has 3 rings (SSSR count). The van der Waals surface area contributed by atoms with Crippen molar-refractivity contribution in [3.63, 3.8) is 0 Å². The summed E-state index contributed by atoms with van der Waals surface area (Å²) >= 11 is 0. The smallest absolute Gasteiger partial charge is 0.243 e. The molecule has 1 atom stereocenters. The predicted octanol–water partition coefficient (Wildman–Crippen LogP) is 3.65. The number of hydrogen-bond acceptors (Lipinski definition) is 4. The van der Waals surface area contributed by atoms with Crippen LogP contribution in [0.5, 0.6) is 5.75 Å². The second kappa shape index (κ2) is 9.37. The van der Waals surface area contributed by atoms with Crippen molar-refractivity contribution >= 4 is 21.6 Å². The van der Waals surface area contributed by atoms with Gasteiger partial charge in [0, 0.05) is 31.3 Å². The van der Waals surface area contributed by atoms with Crippen LogP contribution in [0.4, 0.5) is 10.1 Å². The minimum absolute atomic E-state index is 0.0334. The number of anilines is 1. The van der Waals surface area contributed by atoms with E-state index in [4.69, 9.17) is 4.74 Å². The maximum atomic E-state index is 13.4. The van der Waals surface area contributed by atoms with Gasteiger partial charge in [-0.05, 0) is 55.5 Å². The monoisotopic (exact) mass is 420 g/mol. The van der Waals surface area contributed by atoms with Crippen molar-refractivity contribution in [1.82, 2.24) is 4.31 Å². The number of sulfonamides is 1. The molecule has 0 bridgehead atoms. The number of nitrogens with zero attached hydrogens (tertiary/aromatic N) is 1. The van der Waals surface area contributed by atoms with Gasteiger partial charge in [0.25, 0.3) is 0 Å². The zero-order valence-corrected chi connectivity index (χ0v) is 17.1. The Hall–Kier alpha value is -2.45. The summed E-state index contributed by atoms with van der Waals surface area (Å²) < 4.78 is 45.6. The van der Waals surface area contributed by atoms with Crippen LogP contribution >= 0.6 is 0 Å². The van der Waals surface area contributed by atoms with Crippen molar-refractivity contribution in [1.29, 1.82) is 0 Å². The summed E-state index contributed by atoms with van der Waals surface area (Å²) in [5.74, 6) is 0.0497. The molecular formula is C21H25FN2O4S. The Morgan fingerprint density at radius 2 is 2.03 bits per heavy atom. The molecule has 6 nitrogen and oxygen atoms in total. The van der Waals surface area contributed by atoms with Crippen molar-refractivity contribution in [2.24, 2.45) is 5.92 Å². The number of amides is 1. The molecule has 1 unspecified atom stereocenters. The van der Waals surface area contributed by atoms with E-state index in [0.29, 0.717) is 37.4 Å². The third-order valence-electron chi connectivity index (χ3n) is 5.05. The molecule has 29 heavy (non-hydrogen) atoms. The SMILES string of the molecule is COc1cccc(NC(=O)CCC2CCCN(S(=O)(=O)c3cccc(F)c3)C2)c1. The van der Waals surface area contributed by atoms with E-state index < -0.39 is 15.8 Å². The molecule has 1 aliphatic heterocycles. The predicted molar refractivity (Wildman–Crippen MR) is 109 cm³/mol. The van der Waals surface area contributed by atoms with Gasteiger partial charge in [0.2, 0.25) is 15.9 Å². The molecule has 1 heterocycles. The molecule has 1 aliphatic rings. The highest BCUT2D eigenvalue weighted by atomic mass is 32.2. The van der Waals surface area contributed by atoms with Crippen LogP contribution < -0.4 is 10.1 Å². The Kier molecular flexibility index (Phi) is 6.87.